The number of nitrogens with two attached hydrogens (primary N) is 1. The van der Waals surface area contributed by atoms with Gasteiger partial charge in [-0.1, -0.05) is 24.3 Å². The Labute approximate surface area is 123 Å². The third kappa shape index (κ3) is 2.83. The molecule has 1 nitrogen and oxygen atoms in total. The van der Waals surface area contributed by atoms with E-state index in [1.165, 1.54) is 42.5 Å². The van der Waals surface area contributed by atoms with E-state index in [-0.39, 0.29) is 5.82 Å². The molecule has 0 amide bonds. The Morgan fingerprint density at radius 1 is 1.20 bits per heavy atom. The summed E-state index contributed by atoms with van der Waals surface area (Å²) in [6, 6.07) is 13.3. The molecule has 2 N–H and O–H groups in total. The van der Waals surface area contributed by atoms with Crippen LogP contribution in [-0.4, -0.2) is 5.75 Å². The first kappa shape index (κ1) is 13.5. The fraction of sp³-hybridized carbons (Fsp3) is 0.294. The van der Waals surface area contributed by atoms with Crippen molar-refractivity contribution in [3.8, 4) is 0 Å². The van der Waals surface area contributed by atoms with Crippen LogP contribution in [0.3, 0.4) is 0 Å². The van der Waals surface area contributed by atoms with Gasteiger partial charge in [0.2, 0.25) is 0 Å². The van der Waals surface area contributed by atoms with Gasteiger partial charge in [-0.2, -0.15) is 0 Å². The number of anilines is 1. The van der Waals surface area contributed by atoms with Crippen molar-refractivity contribution in [3.05, 3.63) is 59.4 Å². The van der Waals surface area contributed by atoms with Crippen LogP contribution in [0.5, 0.6) is 0 Å². The maximum Gasteiger partial charge on any atom is 0.124 e. The summed E-state index contributed by atoms with van der Waals surface area (Å²) in [6.45, 7) is 0. The number of hydrogen-bond acceptors (Lipinski definition) is 2. The highest BCUT2D eigenvalue weighted by Crippen LogP contribution is 2.37. The van der Waals surface area contributed by atoms with E-state index in [9.17, 15) is 4.39 Å². The Kier molecular flexibility index (Phi) is 3.97. The molecular formula is C17H18FNS. The van der Waals surface area contributed by atoms with Gasteiger partial charge in [-0.05, 0) is 54.5 Å². The lowest BCUT2D eigenvalue weighted by molar-refractivity contribution is 0.596. The standard InChI is InChI=1S/C17H18FNS/c18-14-8-9-16(19)17(10-14)20-11-13-6-3-5-12-4-1-2-7-15(12)13/h1-2,4,7-10,13H,3,5-6,11,19H2. The van der Waals surface area contributed by atoms with Crippen LogP contribution in [0.25, 0.3) is 0 Å². The van der Waals surface area contributed by atoms with Crippen molar-refractivity contribution in [1.29, 1.82) is 0 Å². The summed E-state index contributed by atoms with van der Waals surface area (Å²) in [5.41, 5.74) is 9.51. The second-order valence-electron chi connectivity index (χ2n) is 5.28. The zero-order chi connectivity index (χ0) is 13.9. The van der Waals surface area contributed by atoms with Gasteiger partial charge in [0.05, 0.1) is 0 Å². The molecule has 3 rings (SSSR count). The molecule has 0 bridgehead atoms. The topological polar surface area (TPSA) is 26.0 Å². The Balaban J connectivity index is 1.75. The molecule has 3 heteroatoms. The summed E-state index contributed by atoms with van der Waals surface area (Å²) >= 11 is 1.67. The van der Waals surface area contributed by atoms with E-state index < -0.39 is 0 Å². The van der Waals surface area contributed by atoms with Crippen molar-refractivity contribution in [2.75, 3.05) is 11.5 Å². The maximum absolute atomic E-state index is 13.3. The molecule has 0 aliphatic heterocycles. The monoisotopic (exact) mass is 287 g/mol. The molecule has 0 heterocycles. The molecular weight excluding hydrogens is 269 g/mol. The van der Waals surface area contributed by atoms with Crippen LogP contribution in [0.2, 0.25) is 0 Å². The first-order valence-corrected chi connectivity index (χ1v) is 7.98. The number of rotatable bonds is 3. The second-order valence-corrected chi connectivity index (χ2v) is 6.34. The number of nitrogen functional groups attached to an aromatic ring is 1. The largest absolute Gasteiger partial charge is 0.398 e. The quantitative estimate of drug-likeness (QED) is 0.658. The highest BCUT2D eigenvalue weighted by molar-refractivity contribution is 7.99. The van der Waals surface area contributed by atoms with E-state index >= 15 is 0 Å². The van der Waals surface area contributed by atoms with Gasteiger partial charge in [0.15, 0.2) is 0 Å². The lowest BCUT2D eigenvalue weighted by Gasteiger charge is -2.25. The van der Waals surface area contributed by atoms with E-state index in [1.54, 1.807) is 17.8 Å². The summed E-state index contributed by atoms with van der Waals surface area (Å²) < 4.78 is 13.3. The summed E-state index contributed by atoms with van der Waals surface area (Å²) in [5, 5.41) is 0. The van der Waals surface area contributed by atoms with Crippen LogP contribution in [0.1, 0.15) is 29.9 Å². The van der Waals surface area contributed by atoms with Gasteiger partial charge >= 0.3 is 0 Å². The minimum Gasteiger partial charge on any atom is -0.398 e. The molecule has 20 heavy (non-hydrogen) atoms. The van der Waals surface area contributed by atoms with Crippen molar-refractivity contribution >= 4 is 17.4 Å². The number of benzene rings is 2. The predicted molar refractivity (Wildman–Crippen MR) is 83.7 cm³/mol. The van der Waals surface area contributed by atoms with E-state index in [0.717, 1.165) is 10.6 Å². The smallest absolute Gasteiger partial charge is 0.124 e. The fourth-order valence-corrected chi connectivity index (χ4v) is 4.01. The molecule has 1 aliphatic carbocycles. The maximum atomic E-state index is 13.3. The average Bonchev–Trinajstić information content (AvgIpc) is 2.48. The predicted octanol–water partition coefficient (Wildman–Crippen LogP) is 4.62. The number of aryl methyl sites for hydroxylation is 1. The first-order valence-electron chi connectivity index (χ1n) is 6.99. The van der Waals surface area contributed by atoms with E-state index in [4.69, 9.17) is 5.73 Å². The molecule has 0 aromatic heterocycles. The van der Waals surface area contributed by atoms with Crippen LogP contribution >= 0.6 is 11.8 Å². The highest BCUT2D eigenvalue weighted by Gasteiger charge is 2.20. The van der Waals surface area contributed by atoms with Gasteiger partial charge in [-0.25, -0.2) is 4.39 Å². The van der Waals surface area contributed by atoms with Crippen molar-refractivity contribution in [2.24, 2.45) is 0 Å². The lowest BCUT2D eigenvalue weighted by atomic mass is 9.84. The number of fused-ring (bicyclic) bond motifs is 1. The molecule has 104 valence electrons. The van der Waals surface area contributed by atoms with Crippen LogP contribution in [0.15, 0.2) is 47.4 Å². The molecule has 1 unspecified atom stereocenters. The Hall–Kier alpha value is -1.48. The number of hydrogen-bond donors (Lipinski definition) is 1. The van der Waals surface area contributed by atoms with Crippen molar-refractivity contribution in [1.82, 2.24) is 0 Å². The van der Waals surface area contributed by atoms with Crippen molar-refractivity contribution in [3.63, 3.8) is 0 Å². The van der Waals surface area contributed by atoms with Crippen molar-refractivity contribution < 1.29 is 4.39 Å². The summed E-state index contributed by atoms with van der Waals surface area (Å²) in [7, 11) is 0. The van der Waals surface area contributed by atoms with E-state index in [2.05, 4.69) is 24.3 Å². The minimum absolute atomic E-state index is 0.217. The molecule has 1 aliphatic rings. The summed E-state index contributed by atoms with van der Waals surface area (Å²) in [6.07, 6.45) is 3.62. The summed E-state index contributed by atoms with van der Waals surface area (Å²) in [4.78, 5) is 0.855. The van der Waals surface area contributed by atoms with Crippen LogP contribution < -0.4 is 5.73 Å². The van der Waals surface area contributed by atoms with Crippen LogP contribution in [0.4, 0.5) is 10.1 Å². The van der Waals surface area contributed by atoms with Crippen molar-refractivity contribution in [2.45, 2.75) is 30.1 Å². The zero-order valence-electron chi connectivity index (χ0n) is 11.3. The van der Waals surface area contributed by atoms with Gasteiger partial charge in [0, 0.05) is 16.3 Å². The lowest BCUT2D eigenvalue weighted by Crippen LogP contribution is -2.11. The summed E-state index contributed by atoms with van der Waals surface area (Å²) in [5.74, 6) is 1.29. The zero-order valence-corrected chi connectivity index (χ0v) is 12.1. The second kappa shape index (κ2) is 5.88. The number of halogens is 1. The fourth-order valence-electron chi connectivity index (χ4n) is 2.85. The third-order valence-electron chi connectivity index (χ3n) is 3.91. The Morgan fingerprint density at radius 2 is 2.05 bits per heavy atom. The Bertz CT molecular complexity index is 612. The Morgan fingerprint density at radius 3 is 2.95 bits per heavy atom. The molecule has 0 saturated heterocycles. The van der Waals surface area contributed by atoms with Gasteiger partial charge in [-0.3, -0.25) is 0 Å². The van der Waals surface area contributed by atoms with Gasteiger partial charge in [0.25, 0.3) is 0 Å². The third-order valence-corrected chi connectivity index (χ3v) is 5.14. The molecule has 0 radical (unpaired) electrons. The molecule has 0 fully saturated rings. The van der Waals surface area contributed by atoms with Gasteiger partial charge in [-0.15, -0.1) is 11.8 Å². The van der Waals surface area contributed by atoms with Gasteiger partial charge < -0.3 is 5.73 Å². The normalized spacial score (nSPS) is 17.8. The molecule has 0 spiro atoms. The number of thioether (sulfide) groups is 1. The van der Waals surface area contributed by atoms with Crippen LogP contribution in [-0.2, 0) is 6.42 Å². The van der Waals surface area contributed by atoms with E-state index in [0.29, 0.717) is 11.6 Å². The highest BCUT2D eigenvalue weighted by atomic mass is 32.2. The minimum atomic E-state index is -0.217. The first-order chi connectivity index (χ1) is 9.74. The molecule has 0 saturated carbocycles. The molecule has 2 aromatic carbocycles. The van der Waals surface area contributed by atoms with Gasteiger partial charge in [0.1, 0.15) is 5.82 Å². The SMILES string of the molecule is Nc1ccc(F)cc1SCC1CCCc2ccccc21. The average molecular weight is 287 g/mol. The molecule has 2 aromatic rings. The van der Waals surface area contributed by atoms with Crippen LogP contribution in [0, 0.1) is 5.82 Å². The van der Waals surface area contributed by atoms with E-state index in [1.807, 2.05) is 0 Å². The molecule has 1 atom stereocenters.